The van der Waals surface area contributed by atoms with Gasteiger partial charge in [0.15, 0.2) is 6.04 Å². The van der Waals surface area contributed by atoms with Gasteiger partial charge in [-0.15, -0.1) is 0 Å². The van der Waals surface area contributed by atoms with Crippen LogP contribution in [0.5, 0.6) is 5.75 Å². The fraction of sp³-hybridized carbons (Fsp3) is 0.467. The Morgan fingerprint density at radius 2 is 1.95 bits per heavy atom. The molecule has 2 rings (SSSR count). The van der Waals surface area contributed by atoms with E-state index in [4.69, 9.17) is 9.84 Å². The summed E-state index contributed by atoms with van der Waals surface area (Å²) < 4.78 is 9.34. The molecule has 0 aliphatic carbocycles. The molecule has 7 heteroatoms. The van der Waals surface area contributed by atoms with E-state index >= 15 is 0 Å². The molecule has 122 valence electrons. The molecule has 1 heterocycles. The molecule has 1 fully saturated rings. The molecule has 0 spiro atoms. The van der Waals surface area contributed by atoms with Crippen molar-refractivity contribution in [3.05, 3.63) is 29.8 Å². The smallest absolute Gasteiger partial charge is 0.407 e. The van der Waals surface area contributed by atoms with Crippen LogP contribution in [0.3, 0.4) is 0 Å². The van der Waals surface area contributed by atoms with Gasteiger partial charge in [-0.2, -0.15) is 0 Å². The maximum Gasteiger partial charge on any atom is 0.407 e. The molecule has 0 bridgehead atoms. The van der Waals surface area contributed by atoms with Gasteiger partial charge in [0.05, 0.1) is 14.2 Å². The summed E-state index contributed by atoms with van der Waals surface area (Å²) in [6.45, 7) is 2.50. The van der Waals surface area contributed by atoms with Gasteiger partial charge in [0, 0.05) is 0 Å². The lowest BCUT2D eigenvalue weighted by Gasteiger charge is -2.14. The van der Waals surface area contributed by atoms with Gasteiger partial charge < -0.3 is 25.2 Å². The number of alkyl carbamates (subject to hydrolysis) is 1. The zero-order chi connectivity index (χ0) is 16.4. The molecule has 7 nitrogen and oxygen atoms in total. The summed E-state index contributed by atoms with van der Waals surface area (Å²) in [6.07, 6.45) is 1.97. The molecule has 1 unspecified atom stereocenters. The van der Waals surface area contributed by atoms with Crippen molar-refractivity contribution in [1.82, 2.24) is 10.6 Å². The fourth-order valence-electron chi connectivity index (χ4n) is 1.91. The monoisotopic (exact) mass is 310 g/mol. The molecule has 1 saturated heterocycles. The van der Waals surface area contributed by atoms with Crippen LogP contribution in [0, 0.1) is 0 Å². The van der Waals surface area contributed by atoms with Crippen molar-refractivity contribution in [3.8, 4) is 5.75 Å². The maximum atomic E-state index is 11.0. The summed E-state index contributed by atoms with van der Waals surface area (Å²) in [4.78, 5) is 22.1. The zero-order valence-corrected chi connectivity index (χ0v) is 12.8. The van der Waals surface area contributed by atoms with Crippen LogP contribution in [-0.2, 0) is 9.53 Å². The quantitative estimate of drug-likeness (QED) is 0.780. The van der Waals surface area contributed by atoms with Gasteiger partial charge in [-0.25, -0.2) is 9.59 Å². The first kappa shape index (κ1) is 17.8. The highest BCUT2D eigenvalue weighted by Crippen LogP contribution is 2.19. The normalized spacial score (nSPS) is 14.3. The average molecular weight is 310 g/mol. The van der Waals surface area contributed by atoms with E-state index in [9.17, 15) is 9.59 Å². The van der Waals surface area contributed by atoms with Crippen LogP contribution in [0.1, 0.15) is 24.4 Å². The zero-order valence-electron chi connectivity index (χ0n) is 12.8. The van der Waals surface area contributed by atoms with Crippen LogP contribution < -0.4 is 15.4 Å². The number of amides is 1. The number of nitrogens with one attached hydrogen (secondary N) is 2. The van der Waals surface area contributed by atoms with Crippen LogP contribution in [-0.4, -0.2) is 44.5 Å². The number of carboxylic acid groups (broad SMARTS) is 1. The minimum absolute atomic E-state index is 0.405. The SMILES string of the molecule is C1CCNC1.COC(=O)NC(C(=O)O)c1cccc(OC)c1. The van der Waals surface area contributed by atoms with E-state index in [1.165, 1.54) is 46.2 Å². The van der Waals surface area contributed by atoms with Crippen LogP contribution in [0.2, 0.25) is 0 Å². The Kier molecular flexibility index (Phi) is 7.77. The molecular weight excluding hydrogens is 288 g/mol. The Bertz CT molecular complexity index is 481. The van der Waals surface area contributed by atoms with Crippen molar-refractivity contribution in [1.29, 1.82) is 0 Å². The van der Waals surface area contributed by atoms with Crippen LogP contribution in [0.4, 0.5) is 4.79 Å². The molecule has 22 heavy (non-hydrogen) atoms. The van der Waals surface area contributed by atoms with Crippen molar-refractivity contribution in [2.45, 2.75) is 18.9 Å². The van der Waals surface area contributed by atoms with Crippen LogP contribution >= 0.6 is 0 Å². The van der Waals surface area contributed by atoms with Gasteiger partial charge in [0.1, 0.15) is 5.75 Å². The van der Waals surface area contributed by atoms with E-state index in [1.54, 1.807) is 18.2 Å². The first-order valence-corrected chi connectivity index (χ1v) is 7.00. The highest BCUT2D eigenvalue weighted by Gasteiger charge is 2.22. The van der Waals surface area contributed by atoms with Crippen molar-refractivity contribution in [2.75, 3.05) is 27.3 Å². The first-order valence-electron chi connectivity index (χ1n) is 7.00. The molecule has 3 N–H and O–H groups in total. The van der Waals surface area contributed by atoms with E-state index in [0.29, 0.717) is 11.3 Å². The third-order valence-corrected chi connectivity index (χ3v) is 3.08. The number of carbonyl (C=O) groups is 2. The Balaban J connectivity index is 0.000000406. The Hall–Kier alpha value is -2.28. The molecule has 1 aromatic rings. The molecular formula is C15H22N2O5. The highest BCUT2D eigenvalue weighted by atomic mass is 16.5. The molecule has 1 amide bonds. The van der Waals surface area contributed by atoms with E-state index in [1.807, 2.05) is 0 Å². The third kappa shape index (κ3) is 6.01. The van der Waals surface area contributed by atoms with Crippen molar-refractivity contribution < 1.29 is 24.2 Å². The fourth-order valence-corrected chi connectivity index (χ4v) is 1.91. The standard InChI is InChI=1S/C11H13NO5.C4H9N/c1-16-8-5-3-4-7(6-8)9(10(13)14)12-11(15)17-2;1-2-4-5-3-1/h3-6,9H,1-2H3,(H,12,15)(H,13,14);5H,1-4H2. The lowest BCUT2D eigenvalue weighted by atomic mass is 10.1. The maximum absolute atomic E-state index is 11.0. The second-order valence-corrected chi connectivity index (χ2v) is 4.64. The number of methoxy groups -OCH3 is 2. The molecule has 0 aromatic heterocycles. The summed E-state index contributed by atoms with van der Waals surface area (Å²) in [5, 5.41) is 14.5. The van der Waals surface area contributed by atoms with Crippen LogP contribution in [0.15, 0.2) is 24.3 Å². The lowest BCUT2D eigenvalue weighted by molar-refractivity contribution is -0.139. The predicted octanol–water partition coefficient (Wildman–Crippen LogP) is 1.55. The predicted molar refractivity (Wildman–Crippen MR) is 81.0 cm³/mol. The third-order valence-electron chi connectivity index (χ3n) is 3.08. The largest absolute Gasteiger partial charge is 0.497 e. The van der Waals surface area contributed by atoms with Gasteiger partial charge in [-0.3, -0.25) is 0 Å². The van der Waals surface area contributed by atoms with Gasteiger partial charge in [0.25, 0.3) is 0 Å². The van der Waals surface area contributed by atoms with Crippen LogP contribution in [0.25, 0.3) is 0 Å². The number of hydrogen-bond donors (Lipinski definition) is 3. The summed E-state index contributed by atoms with van der Waals surface area (Å²) in [7, 11) is 2.64. The van der Waals surface area contributed by atoms with Gasteiger partial charge in [-0.1, -0.05) is 12.1 Å². The molecule has 0 saturated carbocycles. The van der Waals surface area contributed by atoms with E-state index in [2.05, 4.69) is 15.4 Å². The Labute approximate surface area is 129 Å². The topological polar surface area (TPSA) is 96.9 Å². The number of aliphatic carboxylic acids is 1. The number of hydrogen-bond acceptors (Lipinski definition) is 5. The number of carboxylic acids is 1. The summed E-state index contributed by atoms with van der Waals surface area (Å²) >= 11 is 0. The van der Waals surface area contributed by atoms with Gasteiger partial charge >= 0.3 is 12.1 Å². The second kappa shape index (κ2) is 9.62. The van der Waals surface area contributed by atoms with E-state index in [-0.39, 0.29) is 0 Å². The summed E-state index contributed by atoms with van der Waals surface area (Å²) in [6, 6.07) is 5.27. The van der Waals surface area contributed by atoms with E-state index < -0.39 is 18.1 Å². The molecule has 0 radical (unpaired) electrons. The average Bonchev–Trinajstić information content (AvgIpc) is 3.11. The first-order chi connectivity index (χ1) is 10.6. The number of carbonyl (C=O) groups excluding carboxylic acids is 1. The van der Waals surface area contributed by atoms with Crippen molar-refractivity contribution in [2.24, 2.45) is 0 Å². The Morgan fingerprint density at radius 3 is 2.41 bits per heavy atom. The number of benzene rings is 1. The molecule has 1 aliphatic rings. The second-order valence-electron chi connectivity index (χ2n) is 4.64. The molecule has 1 aliphatic heterocycles. The minimum atomic E-state index is -1.18. The summed E-state index contributed by atoms with van der Waals surface area (Å²) in [5.74, 6) is -0.663. The number of ether oxygens (including phenoxy) is 2. The molecule has 1 aromatic carbocycles. The van der Waals surface area contributed by atoms with Crippen molar-refractivity contribution >= 4 is 12.1 Å². The van der Waals surface area contributed by atoms with Gasteiger partial charge in [0.2, 0.25) is 0 Å². The lowest BCUT2D eigenvalue weighted by Crippen LogP contribution is -2.33. The summed E-state index contributed by atoms with van der Waals surface area (Å²) in [5.41, 5.74) is 0.405. The minimum Gasteiger partial charge on any atom is -0.497 e. The Morgan fingerprint density at radius 1 is 1.27 bits per heavy atom. The molecule has 1 atom stereocenters. The van der Waals surface area contributed by atoms with Crippen molar-refractivity contribution in [3.63, 3.8) is 0 Å². The number of rotatable bonds is 4. The van der Waals surface area contributed by atoms with E-state index in [0.717, 1.165) is 0 Å². The van der Waals surface area contributed by atoms with Gasteiger partial charge in [-0.05, 0) is 43.6 Å². The highest BCUT2D eigenvalue weighted by molar-refractivity contribution is 5.81.